The Morgan fingerprint density at radius 1 is 0.937 bits per heavy atom. The third-order valence-electron chi connectivity index (χ3n) is 12.9. The van der Waals surface area contributed by atoms with Gasteiger partial charge in [0.15, 0.2) is 0 Å². The van der Waals surface area contributed by atoms with Crippen molar-refractivity contribution in [1.29, 1.82) is 0 Å². The minimum atomic E-state index is -1.38. The molecule has 2 N–H and O–H groups in total. The largest absolute Gasteiger partial charge is 0.459 e. The molecule has 1 amide bonds. The van der Waals surface area contributed by atoms with Gasteiger partial charge in [0, 0.05) is 44.1 Å². The van der Waals surface area contributed by atoms with E-state index in [0.29, 0.717) is 56.1 Å². The molecule has 7 unspecified atom stereocenters. The van der Waals surface area contributed by atoms with Crippen LogP contribution in [0, 0.1) is 17.8 Å². The van der Waals surface area contributed by atoms with Gasteiger partial charge in [-0.05, 0) is 110 Å². The predicted molar refractivity (Wildman–Crippen MR) is 245 cm³/mol. The zero-order valence-electron chi connectivity index (χ0n) is 36.9. The number of hydrogen-bond donors (Lipinski definition) is 2. The van der Waals surface area contributed by atoms with E-state index >= 15 is 0 Å². The smallest absolute Gasteiger partial charge is 0.410 e. The minimum Gasteiger partial charge on any atom is -0.459 e. The van der Waals surface area contributed by atoms with Crippen LogP contribution in [-0.4, -0.2) is 84.6 Å². The van der Waals surface area contributed by atoms with E-state index in [4.69, 9.17) is 33.7 Å². The molecule has 2 heterocycles. The van der Waals surface area contributed by atoms with Gasteiger partial charge in [-0.3, -0.25) is 4.90 Å². The van der Waals surface area contributed by atoms with E-state index in [0.717, 1.165) is 72.9 Å². The average molecular weight is 863 g/mol. The third kappa shape index (κ3) is 10.7. The number of hydrogen-bond acceptors (Lipinski definition) is 10. The summed E-state index contributed by atoms with van der Waals surface area (Å²) in [5, 5.41) is 24.9. The van der Waals surface area contributed by atoms with Crippen molar-refractivity contribution in [3.8, 4) is 28.4 Å². The summed E-state index contributed by atoms with van der Waals surface area (Å²) in [5.74, 6) is 0.165. The molecule has 63 heavy (non-hydrogen) atoms. The van der Waals surface area contributed by atoms with Gasteiger partial charge in [0.1, 0.15) is 23.3 Å². The molecule has 7 atom stereocenters. The first-order chi connectivity index (χ1) is 30.9. The molecule has 11 heteroatoms. The average Bonchev–Trinajstić information content (AvgIpc) is 3.31. The Bertz CT molecular complexity index is 2010. The fourth-order valence-electron chi connectivity index (χ4n) is 10.0. The number of nitrogens with zero attached hydrogens (tertiary/aromatic N) is 2. The van der Waals surface area contributed by atoms with E-state index in [1.807, 2.05) is 49.4 Å². The van der Waals surface area contributed by atoms with Crippen LogP contribution in [0.2, 0.25) is 0 Å². The van der Waals surface area contributed by atoms with Gasteiger partial charge in [-0.2, -0.15) is 0 Å². The maximum absolute atomic E-state index is 14.3. The van der Waals surface area contributed by atoms with Gasteiger partial charge in [-0.25, -0.2) is 4.79 Å². The van der Waals surface area contributed by atoms with Crippen LogP contribution in [-0.2, 0) is 19.0 Å². The monoisotopic (exact) mass is 862 g/mol. The Hall–Kier alpha value is -4.94. The highest BCUT2D eigenvalue weighted by atomic mass is 16.8. The lowest BCUT2D eigenvalue weighted by molar-refractivity contribution is -0.255. The van der Waals surface area contributed by atoms with E-state index in [1.54, 1.807) is 17.1 Å². The van der Waals surface area contributed by atoms with Gasteiger partial charge in [0.25, 0.3) is 0 Å². The summed E-state index contributed by atoms with van der Waals surface area (Å²) in [6, 6.07) is 23.7. The van der Waals surface area contributed by atoms with Crippen LogP contribution in [0.4, 0.5) is 4.79 Å². The first kappa shape index (κ1) is 46.1. The van der Waals surface area contributed by atoms with Crippen LogP contribution in [0.3, 0.4) is 0 Å². The van der Waals surface area contributed by atoms with E-state index in [-0.39, 0.29) is 50.6 Å². The fraction of sp³-hybridized carbons (Fsp3) is 0.500. The summed E-state index contributed by atoms with van der Waals surface area (Å²) in [7, 11) is 0. The zero-order chi connectivity index (χ0) is 44.0. The first-order valence-corrected chi connectivity index (χ1v) is 23.2. The van der Waals surface area contributed by atoms with Gasteiger partial charge >= 0.3 is 6.09 Å². The summed E-state index contributed by atoms with van der Waals surface area (Å²) in [5.41, 5.74) is 4.90. The maximum Gasteiger partial charge on any atom is 0.410 e. The number of rotatable bonds is 22. The van der Waals surface area contributed by atoms with E-state index in [2.05, 4.69) is 49.6 Å². The van der Waals surface area contributed by atoms with Gasteiger partial charge < -0.3 is 38.7 Å². The van der Waals surface area contributed by atoms with Crippen LogP contribution >= 0.6 is 0 Å². The lowest BCUT2D eigenvalue weighted by atomic mass is 9.55. The quantitative estimate of drug-likeness (QED) is 0.0576. The molecule has 2 aliphatic heterocycles. The van der Waals surface area contributed by atoms with Gasteiger partial charge in [-0.15, -0.1) is 13.2 Å². The van der Waals surface area contributed by atoms with E-state index in [1.165, 1.54) is 0 Å². The summed E-state index contributed by atoms with van der Waals surface area (Å²) in [6.07, 6.45) is 13.7. The van der Waals surface area contributed by atoms with Crippen molar-refractivity contribution >= 4 is 11.8 Å². The van der Waals surface area contributed by atoms with Crippen molar-refractivity contribution in [2.24, 2.45) is 22.9 Å². The number of carbonyl (C=O) groups is 1. The highest BCUT2D eigenvalue weighted by Crippen LogP contribution is 2.62. The van der Waals surface area contributed by atoms with Crippen molar-refractivity contribution in [1.82, 2.24) is 4.90 Å². The van der Waals surface area contributed by atoms with Crippen molar-refractivity contribution in [3.63, 3.8) is 0 Å². The standard InChI is InChI=1S/C52H66N2O9/c1-4-7-32-59-51(57)54(28-5-2)47-36-45(53-63-48-21-13-16-33-58-48)43-34-39(19-11-14-29-55)42(20-12-15-30-56)49-44-35-41(26-27-46(44)62-52(47,50(43)49)60-31-6-3)61-40-24-22-38(23-25-40)37-17-9-8-10-18-37/h4,6,8-10,17-18,22-27,34-35,39,42,47-50,55-56H,1,3,5,7,11-16,19-21,28-33,36H2,2H3. The molecule has 0 aromatic heterocycles. The molecule has 11 nitrogen and oxygen atoms in total. The Morgan fingerprint density at radius 3 is 2.41 bits per heavy atom. The molecule has 3 aromatic rings. The molecular weight excluding hydrogens is 797 g/mol. The summed E-state index contributed by atoms with van der Waals surface area (Å²) < 4.78 is 33.0. The molecule has 2 aliphatic carbocycles. The molecule has 2 fully saturated rings. The second kappa shape index (κ2) is 22.6. The number of carbonyl (C=O) groups excluding carboxylic acids is 1. The first-order valence-electron chi connectivity index (χ1n) is 23.2. The number of aliphatic hydroxyl groups is 2. The third-order valence-corrected chi connectivity index (χ3v) is 12.9. The van der Waals surface area contributed by atoms with Crippen LogP contribution < -0.4 is 9.47 Å². The lowest BCUT2D eigenvalue weighted by Crippen LogP contribution is -2.70. The predicted octanol–water partition coefficient (Wildman–Crippen LogP) is 10.7. The zero-order valence-corrected chi connectivity index (χ0v) is 36.9. The number of oxime groups is 1. The second-order valence-corrected chi connectivity index (χ2v) is 17.1. The van der Waals surface area contributed by atoms with Crippen LogP contribution in [0.15, 0.2) is 115 Å². The Balaban J connectivity index is 1.39. The highest BCUT2D eigenvalue weighted by molar-refractivity contribution is 6.03. The molecule has 1 saturated carbocycles. The number of ether oxygens (including phenoxy) is 5. The number of fused-ring (bicyclic) bond motifs is 2. The number of aliphatic hydroxyl groups excluding tert-OH is 2. The molecule has 1 saturated heterocycles. The van der Waals surface area contributed by atoms with Gasteiger partial charge in [-0.1, -0.05) is 85.6 Å². The molecule has 0 radical (unpaired) electrons. The number of amides is 1. The summed E-state index contributed by atoms with van der Waals surface area (Å²) in [4.78, 5) is 22.4. The molecule has 338 valence electrons. The molecule has 0 bridgehead atoms. The fourth-order valence-corrected chi connectivity index (χ4v) is 10.0. The molecular formula is C52H66N2O9. The number of allylic oxidation sites excluding steroid dienone is 1. The number of benzene rings is 3. The lowest BCUT2D eigenvalue weighted by Gasteiger charge is -2.60. The van der Waals surface area contributed by atoms with E-state index in [9.17, 15) is 15.0 Å². The van der Waals surface area contributed by atoms with Crippen LogP contribution in [0.25, 0.3) is 11.1 Å². The SMILES string of the molecule is C=CCCOC(=O)N(CCC)C1CC(=NOC2CCCCO2)C2=CC(CCCCO)C(CCCCO)C3c4cc(Oc5ccc(-c6ccccc6)cc5)ccc4OC1(OCC=C)C23. The Morgan fingerprint density at radius 2 is 1.70 bits per heavy atom. The van der Waals surface area contributed by atoms with E-state index < -0.39 is 30.1 Å². The normalized spacial score (nSPS) is 25.4. The summed E-state index contributed by atoms with van der Waals surface area (Å²) >= 11 is 0. The van der Waals surface area contributed by atoms with Crippen molar-refractivity contribution in [2.45, 2.75) is 108 Å². The van der Waals surface area contributed by atoms with Gasteiger partial charge in [0.2, 0.25) is 12.1 Å². The topological polar surface area (TPSA) is 129 Å². The highest BCUT2D eigenvalue weighted by Gasteiger charge is 2.65. The van der Waals surface area contributed by atoms with Crippen molar-refractivity contribution in [2.75, 3.05) is 39.6 Å². The summed E-state index contributed by atoms with van der Waals surface area (Å²) in [6.45, 7) is 11.5. The van der Waals surface area contributed by atoms with Crippen LogP contribution in [0.1, 0.15) is 95.5 Å². The molecule has 3 aromatic carbocycles. The van der Waals surface area contributed by atoms with Crippen molar-refractivity contribution in [3.05, 3.63) is 115 Å². The van der Waals surface area contributed by atoms with Crippen molar-refractivity contribution < 1.29 is 43.5 Å². The number of unbranched alkanes of at least 4 members (excludes halogenated alkanes) is 2. The minimum absolute atomic E-state index is 0.0699. The Kier molecular flexibility index (Phi) is 16.5. The maximum atomic E-state index is 14.3. The Labute approximate surface area is 373 Å². The molecule has 7 rings (SSSR count). The van der Waals surface area contributed by atoms with Crippen LogP contribution in [0.5, 0.6) is 17.2 Å². The van der Waals surface area contributed by atoms with Gasteiger partial charge in [0.05, 0.1) is 31.5 Å². The molecule has 0 spiro atoms. The molecule has 4 aliphatic rings. The second-order valence-electron chi connectivity index (χ2n) is 17.1.